The van der Waals surface area contributed by atoms with Gasteiger partial charge < -0.3 is 10.0 Å². The van der Waals surface area contributed by atoms with E-state index in [1.54, 1.807) is 6.20 Å². The molecular formula is C23H24N2O2S. The van der Waals surface area contributed by atoms with Crippen LogP contribution in [-0.4, -0.2) is 39.7 Å². The van der Waals surface area contributed by atoms with Crippen LogP contribution in [0.2, 0.25) is 0 Å². The van der Waals surface area contributed by atoms with Crippen molar-refractivity contribution >= 4 is 28.4 Å². The Labute approximate surface area is 169 Å². The number of nitrogens with zero attached hydrogens (tertiary/aromatic N) is 2. The number of likely N-dealkylation sites (tertiary alicyclic amines) is 1. The smallest absolute Gasteiger partial charge is 0.232 e. The van der Waals surface area contributed by atoms with Gasteiger partial charge in [-0.1, -0.05) is 65.9 Å². The molecule has 0 atom stereocenters. The van der Waals surface area contributed by atoms with Crippen molar-refractivity contribution in [2.24, 2.45) is 0 Å². The largest absolute Gasteiger partial charge is 0.385 e. The lowest BCUT2D eigenvalue weighted by atomic mass is 9.84. The molecule has 0 bridgehead atoms. The number of thioether (sulfide) groups is 1. The SMILES string of the molecule is Cc1cccc(C2(O)CCN(C(=O)CSc3nccc4ccccc34)CC2)c1. The van der Waals surface area contributed by atoms with Crippen LogP contribution in [0.25, 0.3) is 10.8 Å². The highest BCUT2D eigenvalue weighted by atomic mass is 32.2. The zero-order valence-corrected chi connectivity index (χ0v) is 16.8. The van der Waals surface area contributed by atoms with Gasteiger partial charge in [0.25, 0.3) is 0 Å². The summed E-state index contributed by atoms with van der Waals surface area (Å²) in [7, 11) is 0. The minimum absolute atomic E-state index is 0.103. The molecule has 4 rings (SSSR count). The molecule has 1 aliphatic rings. The van der Waals surface area contributed by atoms with Crippen LogP contribution in [0.4, 0.5) is 0 Å². The number of amides is 1. The average molecular weight is 393 g/mol. The minimum Gasteiger partial charge on any atom is -0.385 e. The lowest BCUT2D eigenvalue weighted by Crippen LogP contribution is -2.45. The van der Waals surface area contributed by atoms with E-state index in [2.05, 4.69) is 11.1 Å². The van der Waals surface area contributed by atoms with Crippen molar-refractivity contribution in [2.45, 2.75) is 30.4 Å². The maximum absolute atomic E-state index is 12.7. The van der Waals surface area contributed by atoms with E-state index >= 15 is 0 Å². The normalized spacial score (nSPS) is 16.3. The number of aryl methyl sites for hydroxylation is 1. The lowest BCUT2D eigenvalue weighted by Gasteiger charge is -2.38. The average Bonchev–Trinajstić information content (AvgIpc) is 2.72. The summed E-state index contributed by atoms with van der Waals surface area (Å²) in [5.41, 5.74) is 1.25. The van der Waals surface area contributed by atoms with E-state index in [1.165, 1.54) is 11.8 Å². The van der Waals surface area contributed by atoms with Crippen molar-refractivity contribution < 1.29 is 9.90 Å². The van der Waals surface area contributed by atoms with Crippen molar-refractivity contribution in [2.75, 3.05) is 18.8 Å². The Bertz CT molecular complexity index is 991. The summed E-state index contributed by atoms with van der Waals surface area (Å²) in [5.74, 6) is 0.468. The standard InChI is InChI=1S/C23H24N2O2S/c1-17-5-4-7-19(15-17)23(27)10-13-25(14-11-23)21(26)16-28-22-20-8-3-2-6-18(20)9-12-24-22/h2-9,12,15,27H,10-11,13-14,16H2,1H3. The minimum atomic E-state index is -0.840. The molecule has 144 valence electrons. The van der Waals surface area contributed by atoms with Gasteiger partial charge in [0.1, 0.15) is 5.03 Å². The van der Waals surface area contributed by atoms with Gasteiger partial charge in [-0.15, -0.1) is 0 Å². The lowest BCUT2D eigenvalue weighted by molar-refractivity contribution is -0.132. The Morgan fingerprint density at radius 3 is 2.71 bits per heavy atom. The van der Waals surface area contributed by atoms with Crippen molar-refractivity contribution in [1.29, 1.82) is 0 Å². The summed E-state index contributed by atoms with van der Waals surface area (Å²) in [6.07, 6.45) is 2.93. The molecule has 4 nitrogen and oxygen atoms in total. The van der Waals surface area contributed by atoms with Crippen LogP contribution in [0, 0.1) is 6.92 Å². The molecule has 1 fully saturated rings. The molecule has 2 heterocycles. The Morgan fingerprint density at radius 2 is 1.93 bits per heavy atom. The Balaban J connectivity index is 1.38. The number of aliphatic hydroxyl groups is 1. The number of piperidine rings is 1. The van der Waals surface area contributed by atoms with E-state index in [0.29, 0.717) is 31.7 Å². The van der Waals surface area contributed by atoms with E-state index in [-0.39, 0.29) is 5.91 Å². The Morgan fingerprint density at radius 1 is 1.14 bits per heavy atom. The van der Waals surface area contributed by atoms with E-state index in [9.17, 15) is 9.90 Å². The summed E-state index contributed by atoms with van der Waals surface area (Å²) in [6, 6.07) is 18.1. The summed E-state index contributed by atoms with van der Waals surface area (Å²) in [4.78, 5) is 19.0. The second-order valence-corrected chi connectivity index (χ2v) is 8.37. The molecule has 3 aromatic rings. The molecule has 2 aromatic carbocycles. The number of hydrogen-bond acceptors (Lipinski definition) is 4. The number of hydrogen-bond donors (Lipinski definition) is 1. The first-order chi connectivity index (χ1) is 13.5. The van der Waals surface area contributed by atoms with Crippen LogP contribution >= 0.6 is 11.8 Å². The predicted octanol–water partition coefficient (Wildman–Crippen LogP) is 4.15. The second-order valence-electron chi connectivity index (χ2n) is 7.41. The van der Waals surface area contributed by atoms with E-state index in [4.69, 9.17) is 0 Å². The molecule has 1 aromatic heterocycles. The molecule has 1 N–H and O–H groups in total. The summed E-state index contributed by atoms with van der Waals surface area (Å²) in [5, 5.41) is 14.1. The van der Waals surface area contributed by atoms with Crippen LogP contribution in [0.5, 0.6) is 0 Å². The van der Waals surface area contributed by atoms with Gasteiger partial charge in [0, 0.05) is 24.7 Å². The Kier molecular flexibility index (Phi) is 5.38. The fourth-order valence-corrected chi connectivity index (χ4v) is 4.70. The van der Waals surface area contributed by atoms with Gasteiger partial charge in [-0.3, -0.25) is 4.79 Å². The number of fused-ring (bicyclic) bond motifs is 1. The Hall–Kier alpha value is -2.37. The van der Waals surface area contributed by atoms with Crippen LogP contribution in [0.15, 0.2) is 65.8 Å². The topological polar surface area (TPSA) is 53.4 Å². The fraction of sp³-hybridized carbons (Fsp3) is 0.304. The first-order valence-corrected chi connectivity index (χ1v) is 10.6. The number of aromatic nitrogens is 1. The summed E-state index contributed by atoms with van der Waals surface area (Å²) >= 11 is 1.49. The van der Waals surface area contributed by atoms with Gasteiger partial charge >= 0.3 is 0 Å². The highest BCUT2D eigenvalue weighted by Gasteiger charge is 2.35. The molecule has 1 amide bonds. The van der Waals surface area contributed by atoms with E-state index in [0.717, 1.165) is 26.9 Å². The number of carbonyl (C=O) groups excluding carboxylic acids is 1. The third-order valence-corrected chi connectivity index (χ3v) is 6.46. The van der Waals surface area contributed by atoms with Crippen molar-refractivity contribution in [3.05, 3.63) is 71.9 Å². The monoisotopic (exact) mass is 392 g/mol. The van der Waals surface area contributed by atoms with Gasteiger partial charge in [-0.05, 0) is 36.8 Å². The van der Waals surface area contributed by atoms with Crippen molar-refractivity contribution in [1.82, 2.24) is 9.88 Å². The van der Waals surface area contributed by atoms with Crippen molar-refractivity contribution in [3.63, 3.8) is 0 Å². The predicted molar refractivity (Wildman–Crippen MR) is 113 cm³/mol. The maximum atomic E-state index is 12.7. The molecule has 28 heavy (non-hydrogen) atoms. The van der Waals surface area contributed by atoms with Gasteiger partial charge in [-0.25, -0.2) is 4.98 Å². The van der Waals surface area contributed by atoms with Gasteiger partial charge in [0.2, 0.25) is 5.91 Å². The molecule has 1 saturated heterocycles. The van der Waals surface area contributed by atoms with Gasteiger partial charge in [-0.2, -0.15) is 0 Å². The van der Waals surface area contributed by atoms with E-state index in [1.807, 2.05) is 60.4 Å². The highest BCUT2D eigenvalue weighted by molar-refractivity contribution is 8.00. The van der Waals surface area contributed by atoms with Crippen LogP contribution < -0.4 is 0 Å². The quantitative estimate of drug-likeness (QED) is 0.678. The fourth-order valence-electron chi connectivity index (χ4n) is 3.78. The molecule has 0 spiro atoms. The summed E-state index contributed by atoms with van der Waals surface area (Å²) in [6.45, 7) is 3.18. The van der Waals surface area contributed by atoms with Crippen LogP contribution in [0.3, 0.4) is 0 Å². The molecule has 5 heteroatoms. The van der Waals surface area contributed by atoms with Crippen LogP contribution in [0.1, 0.15) is 24.0 Å². The number of benzene rings is 2. The van der Waals surface area contributed by atoms with Gasteiger partial charge in [0.05, 0.1) is 11.4 Å². The zero-order valence-electron chi connectivity index (χ0n) is 16.0. The first kappa shape index (κ1) is 19.0. The highest BCUT2D eigenvalue weighted by Crippen LogP contribution is 2.33. The molecule has 0 unspecified atom stereocenters. The zero-order chi connectivity index (χ0) is 19.6. The molecule has 1 aliphatic heterocycles. The number of pyridine rings is 1. The number of carbonyl (C=O) groups is 1. The third-order valence-electron chi connectivity index (χ3n) is 5.47. The summed E-state index contributed by atoms with van der Waals surface area (Å²) < 4.78 is 0. The molecular weight excluding hydrogens is 368 g/mol. The van der Waals surface area contributed by atoms with E-state index < -0.39 is 5.60 Å². The molecule has 0 saturated carbocycles. The first-order valence-electron chi connectivity index (χ1n) is 9.59. The number of rotatable bonds is 4. The van der Waals surface area contributed by atoms with Gasteiger partial charge in [0.15, 0.2) is 0 Å². The van der Waals surface area contributed by atoms with Crippen LogP contribution in [-0.2, 0) is 10.4 Å². The van der Waals surface area contributed by atoms with Crippen molar-refractivity contribution in [3.8, 4) is 0 Å². The molecule has 0 radical (unpaired) electrons. The molecule has 0 aliphatic carbocycles. The maximum Gasteiger partial charge on any atom is 0.232 e. The second kappa shape index (κ2) is 7.94. The third kappa shape index (κ3) is 3.91.